The number of carbonyl (C=O) groups is 17. The van der Waals surface area contributed by atoms with Gasteiger partial charge in [-0.2, -0.15) is 35.3 Å². The zero-order chi connectivity index (χ0) is 95.0. The lowest BCUT2D eigenvalue weighted by Gasteiger charge is -2.29. The van der Waals surface area contributed by atoms with E-state index in [-0.39, 0.29) is 77.8 Å². The molecule has 6 aromatic rings. The van der Waals surface area contributed by atoms with Crippen LogP contribution >= 0.6 is 35.3 Å². The molecule has 0 aliphatic carbocycles. The topological polar surface area (TPSA) is 849 Å². The van der Waals surface area contributed by atoms with E-state index in [0.717, 1.165) is 0 Å². The number of nitrogens with two attached hydrogens (primary N) is 4. The Morgan fingerprint density at radius 3 is 0.822 bits per heavy atom. The number of carboxylic acid groups (broad SMARTS) is 5. The summed E-state index contributed by atoms with van der Waals surface area (Å²) in [5, 5.41) is 88.8. The number of H-pyrrole nitrogens is 6. The number of amides is 12. The number of aromatic nitrogens is 12. The minimum Gasteiger partial charge on any atom is -0.481 e. The van der Waals surface area contributed by atoms with Crippen LogP contribution in [0.5, 0.6) is 0 Å². The monoisotopic (exact) mass is 1890 g/mol. The van der Waals surface area contributed by atoms with Gasteiger partial charge in [0.1, 0.15) is 90.6 Å². The molecule has 56 heteroatoms. The molecule has 52 nitrogen and oxygen atoms in total. The molecule has 0 saturated heterocycles. The maximum Gasteiger partial charge on any atom is 0.326 e. The van der Waals surface area contributed by atoms with Gasteiger partial charge in [-0.1, -0.05) is 13.8 Å². The first-order valence-electron chi connectivity index (χ1n) is 39.6. The van der Waals surface area contributed by atoms with Gasteiger partial charge < -0.3 is 147 Å². The number of hydrogen-bond acceptors (Lipinski definition) is 32. The fraction of sp³-hybridized carbons (Fsp3) is 0.521. The van der Waals surface area contributed by atoms with Crippen molar-refractivity contribution in [2.24, 2.45) is 28.9 Å². The number of rotatable bonds is 61. The molecule has 0 radical (unpaired) electrons. The molecule has 6 aromatic heterocycles. The number of thioether (sulfide) groups is 3. The number of nitrogens with one attached hydrogen (secondary N) is 18. The van der Waals surface area contributed by atoms with Crippen molar-refractivity contribution in [2.45, 2.75) is 175 Å². The summed E-state index contributed by atoms with van der Waals surface area (Å²) in [4.78, 5) is 276. The molecule has 6 heterocycles. The zero-order valence-corrected chi connectivity index (χ0v) is 72.9. The van der Waals surface area contributed by atoms with Gasteiger partial charge in [-0.25, -0.2) is 34.7 Å². The number of imidazole rings is 6. The van der Waals surface area contributed by atoms with E-state index < -0.39 is 282 Å². The predicted molar refractivity (Wildman–Crippen MR) is 458 cm³/mol. The van der Waals surface area contributed by atoms with Gasteiger partial charge in [0.15, 0.2) is 0 Å². The second-order valence-corrected chi connectivity index (χ2v) is 34.3. The standard InChI is InChI=1S/C73H106N28O24S4/c1-34(2)8-46(91-67(114)54(25-126-22-42(75)70(117)118)100-69(116)56(27-128-24-44(77)72(121)122)101-68(115)55(26-127-23-43(76)71(119)120)99-66(113)53(21-102)98-58(105)41(74)6-7-129(3)125)60(107)90-45(4-5-57(103)104)59(106)92-47(9-35-15-78-28-84-35)61(108)93-48(10-36-16-79-29-85-36)62(109)94-49(11-37-17-80-30-86-37)63(110)95-50(12-38-18-81-31-87-38)64(111)96-51(13-39-19-82-32-88-39)65(112)97-52(73(123)124)14-40-20-83-33-89-40/h15-20,28-34,41-56,102H,4-14,21-27,74-77H2,1-3H3,(H,78,84)(H,79,85)(H,80,86)(H,81,87)(H,82,88)(H,83,89)(H,90,107)(H,91,114)(H,92,106)(H,93,108)(H,94,109)(H,95,110)(H,96,111)(H,97,112)(H,98,105)(H,99,113)(H,100,116)(H,101,115)(H,103,104)(H,117,118)(H,119,120)(H,121,122)(H,123,124)/t41-,42?,43?,44?,45-,46-,47-,48-,49-,50-,51-,52-,53-,54-,55-,56-,129?/m0/s1. The molecule has 0 aliphatic rings. The average molecular weight is 1890 g/mol. The van der Waals surface area contributed by atoms with Crippen molar-refractivity contribution in [3.05, 3.63) is 109 Å². The number of aliphatic hydroxyl groups is 1. The van der Waals surface area contributed by atoms with E-state index in [4.69, 9.17) is 22.9 Å². The van der Waals surface area contributed by atoms with Crippen molar-refractivity contribution in [2.75, 3.05) is 53.1 Å². The number of carbonyl (C=O) groups excluding carboxylic acids is 12. The third-order valence-corrected chi connectivity index (χ3v) is 23.0. The van der Waals surface area contributed by atoms with Crippen LogP contribution in [0.1, 0.15) is 73.7 Å². The smallest absolute Gasteiger partial charge is 0.326 e. The van der Waals surface area contributed by atoms with E-state index in [1.807, 2.05) is 0 Å². The van der Waals surface area contributed by atoms with Crippen molar-refractivity contribution in [1.29, 1.82) is 0 Å². The van der Waals surface area contributed by atoms with E-state index in [1.54, 1.807) is 13.8 Å². The summed E-state index contributed by atoms with van der Waals surface area (Å²) in [6.07, 6.45) is 13.0. The molecule has 32 N–H and O–H groups in total. The number of aromatic amines is 6. The van der Waals surface area contributed by atoms with Crippen LogP contribution in [0.25, 0.3) is 0 Å². The lowest BCUT2D eigenvalue weighted by Crippen LogP contribution is -2.62. The first kappa shape index (κ1) is 105. The number of aliphatic hydroxyl groups excluding tert-OH is 1. The highest BCUT2D eigenvalue weighted by Crippen LogP contribution is 2.17. The van der Waals surface area contributed by atoms with Gasteiger partial charge in [0, 0.05) is 139 Å². The molecule has 17 atom stereocenters. The number of aliphatic carboxylic acids is 5. The van der Waals surface area contributed by atoms with Crippen LogP contribution < -0.4 is 86.7 Å². The molecule has 706 valence electrons. The van der Waals surface area contributed by atoms with Gasteiger partial charge >= 0.3 is 29.8 Å². The Balaban J connectivity index is 1.28. The summed E-state index contributed by atoms with van der Waals surface area (Å²) in [6, 6.07) is -27.0. The molecule has 129 heavy (non-hydrogen) atoms. The molecule has 0 aromatic carbocycles. The van der Waals surface area contributed by atoms with Crippen molar-refractivity contribution in [3.63, 3.8) is 0 Å². The molecule has 0 fully saturated rings. The maximum absolute atomic E-state index is 15.1. The number of hydrogen-bond donors (Lipinski definition) is 28. The lowest BCUT2D eigenvalue weighted by atomic mass is 10.0. The molecular weight excluding hydrogens is 1780 g/mol. The Kier molecular flexibility index (Phi) is 43.8. The van der Waals surface area contributed by atoms with Crippen molar-refractivity contribution >= 4 is 147 Å². The molecule has 0 spiro atoms. The Labute approximate surface area is 749 Å². The fourth-order valence-corrected chi connectivity index (χ4v) is 15.3. The summed E-state index contributed by atoms with van der Waals surface area (Å²) >= 11 is 2.09. The molecular formula is C73H106N28O24S4. The molecule has 0 saturated carbocycles. The van der Waals surface area contributed by atoms with Gasteiger partial charge in [-0.3, -0.25) is 80.9 Å². The highest BCUT2D eigenvalue weighted by Gasteiger charge is 2.40. The van der Waals surface area contributed by atoms with Crippen LogP contribution in [0, 0.1) is 5.92 Å². The van der Waals surface area contributed by atoms with Crippen LogP contribution in [0.2, 0.25) is 0 Å². The molecule has 0 bridgehead atoms. The van der Waals surface area contributed by atoms with E-state index in [9.17, 15) is 107 Å². The van der Waals surface area contributed by atoms with Crippen LogP contribution in [-0.4, -0.2) is 345 Å². The maximum atomic E-state index is 15.1. The lowest BCUT2D eigenvalue weighted by molar-refractivity contribution is -0.142. The largest absolute Gasteiger partial charge is 0.481 e. The minimum atomic E-state index is -1.92. The average Bonchev–Trinajstić information content (AvgIpc) is 1.23. The highest BCUT2D eigenvalue weighted by molar-refractivity contribution is 7.99. The summed E-state index contributed by atoms with van der Waals surface area (Å²) in [5.74, 6) is -24.5. The van der Waals surface area contributed by atoms with Crippen molar-refractivity contribution in [3.8, 4) is 0 Å². The Hall–Kier alpha value is -12.8. The zero-order valence-electron chi connectivity index (χ0n) is 69.6. The van der Waals surface area contributed by atoms with E-state index in [2.05, 4.69) is 124 Å². The second kappa shape index (κ2) is 53.8. The molecule has 6 rings (SSSR count). The summed E-state index contributed by atoms with van der Waals surface area (Å²) in [6.45, 7) is 2.11. The van der Waals surface area contributed by atoms with Crippen molar-refractivity contribution in [1.82, 2.24) is 124 Å². The Morgan fingerprint density at radius 2 is 0.566 bits per heavy atom. The quantitative estimate of drug-likeness (QED) is 0.0169. The van der Waals surface area contributed by atoms with E-state index >= 15 is 9.59 Å². The number of carboxylic acids is 5. The first-order valence-corrected chi connectivity index (χ1v) is 44.8. The predicted octanol–water partition coefficient (Wildman–Crippen LogP) is -9.88. The number of nitrogens with zero attached hydrogens (tertiary/aromatic N) is 6. The third kappa shape index (κ3) is 37.2. The highest BCUT2D eigenvalue weighted by atomic mass is 32.2. The normalized spacial score (nSPS) is 15.3. The Morgan fingerprint density at radius 1 is 0.326 bits per heavy atom. The molecule has 12 amide bonds. The molecule has 0 aliphatic heterocycles. The van der Waals surface area contributed by atoms with Gasteiger partial charge in [-0.05, 0) is 25.2 Å². The van der Waals surface area contributed by atoms with E-state index in [0.29, 0.717) is 35.3 Å². The van der Waals surface area contributed by atoms with Crippen LogP contribution in [0.15, 0.2) is 75.1 Å². The van der Waals surface area contributed by atoms with Gasteiger partial charge in [-0.15, -0.1) is 0 Å². The summed E-state index contributed by atoms with van der Waals surface area (Å²) in [7, 11) is -1.38. The Bertz CT molecular complexity index is 4690. The first-order chi connectivity index (χ1) is 61.3. The molecule has 4 unspecified atom stereocenters. The van der Waals surface area contributed by atoms with Crippen LogP contribution in [-0.2, 0) is 131 Å². The van der Waals surface area contributed by atoms with Gasteiger partial charge in [0.25, 0.3) is 0 Å². The van der Waals surface area contributed by atoms with Gasteiger partial charge in [0.05, 0.1) is 84.8 Å². The second-order valence-electron chi connectivity index (χ2n) is 29.5. The van der Waals surface area contributed by atoms with Crippen LogP contribution in [0.3, 0.4) is 0 Å². The third-order valence-electron chi connectivity index (χ3n) is 18.7. The summed E-state index contributed by atoms with van der Waals surface area (Å²) in [5.41, 5.74) is 24.4. The van der Waals surface area contributed by atoms with Crippen molar-refractivity contribution < 1.29 is 116 Å². The van der Waals surface area contributed by atoms with Gasteiger partial charge in [0.2, 0.25) is 70.9 Å². The SMILES string of the molecule is CC(C)C[C@H](NC(=O)[C@H](CSCC(N)C(=O)O)NC(=O)[C@H](CSCC(N)C(=O)O)NC(=O)[C@H](CSCC(N)C(=O)O)NC(=O)[C@H](CO)NC(=O)[C@@H](N)CCS(C)=O)C(=O)N[C@@H](CCC(=O)O)C(=O)N[C@@H](Cc1c[nH]cn1)C(=O)N[C@@H](Cc1c[nH]cn1)C(=O)N[C@@H](Cc1c[nH]cn1)C(=O)N[C@@H](Cc1c[nH]cn1)C(=O)N[C@@H](Cc1c[nH]cn1)C(=O)N[C@@H](Cc1c[nH]cn1)C(=O)O. The van der Waals surface area contributed by atoms with E-state index in [1.165, 1.54) is 81.4 Å². The minimum absolute atomic E-state index is 0.0211. The fourth-order valence-electron chi connectivity index (χ4n) is 11.7. The summed E-state index contributed by atoms with van der Waals surface area (Å²) < 4.78 is 11.7. The van der Waals surface area contributed by atoms with Crippen LogP contribution in [0.4, 0.5) is 0 Å².